The van der Waals surface area contributed by atoms with Crippen LogP contribution in [0.5, 0.6) is 0 Å². The van der Waals surface area contributed by atoms with Crippen LogP contribution < -0.4 is 0 Å². The van der Waals surface area contributed by atoms with Gasteiger partial charge in [-0.25, -0.2) is 0 Å². The third kappa shape index (κ3) is 13.5. The Hall–Kier alpha value is -4.09. The van der Waals surface area contributed by atoms with Gasteiger partial charge >= 0.3 is 47.8 Å². The van der Waals surface area contributed by atoms with Crippen LogP contribution in [0.25, 0.3) is 0 Å². The number of hydrogen-bond acceptors (Lipinski definition) is 22. The maximum atomic E-state index is 12.7. The lowest BCUT2D eigenvalue weighted by atomic mass is 9.96. The molecular weight excluding hydrogens is 800 g/mol. The number of ether oxygens (including phenoxy) is 13. The van der Waals surface area contributed by atoms with Crippen LogP contribution in [-0.2, 0) is 99.9 Å². The molecule has 0 aromatic rings. The van der Waals surface area contributed by atoms with Crippen molar-refractivity contribution in [1.29, 1.82) is 0 Å². The Morgan fingerprint density at radius 2 is 0.793 bits per heavy atom. The van der Waals surface area contributed by atoms with Gasteiger partial charge in [0.2, 0.25) is 0 Å². The van der Waals surface area contributed by atoms with Crippen LogP contribution in [0.4, 0.5) is 0 Å². The first-order chi connectivity index (χ1) is 27.1. The Morgan fingerprint density at radius 3 is 1.22 bits per heavy atom. The van der Waals surface area contributed by atoms with Crippen molar-refractivity contribution >= 4 is 59.5 Å². The molecule has 0 aliphatic carbocycles. The van der Waals surface area contributed by atoms with Crippen molar-refractivity contribution in [2.45, 2.75) is 167 Å². The van der Waals surface area contributed by atoms with Gasteiger partial charge < -0.3 is 61.6 Å². The predicted octanol–water partition coefficient (Wildman–Crippen LogP) is 0.809. The van der Waals surface area contributed by atoms with Crippen LogP contribution in [0, 0.1) is 0 Å². The number of rotatable bonds is 15. The van der Waals surface area contributed by atoms with Crippen molar-refractivity contribution in [3.05, 3.63) is 0 Å². The van der Waals surface area contributed by atoms with Gasteiger partial charge in [-0.15, -0.1) is 11.8 Å². The molecule has 3 aliphatic heterocycles. The minimum atomic E-state index is -1.75. The maximum Gasteiger partial charge on any atom is 0.303 e. The molecule has 22 heteroatoms. The predicted molar refractivity (Wildman–Crippen MR) is 191 cm³/mol. The molecule has 0 unspecified atom stereocenters. The SMILES string of the molecule is CCS[C@H]1O[C@H](COC(C)=O)[C@@H](OC(C)=O)[C@H](O[C@@H]2O[C@@H](C)[C@@H](OC(C)=O)[C@@H](OC(C)=O)[C@@H]2O[C@@H]2O[C@@H](C)[C@H](OC(C)=O)[C@@H](OC(C)=O)[C@H]2OC(C)=O)[C@@H]1OC(C)=O. The van der Waals surface area contributed by atoms with Gasteiger partial charge in [0, 0.05) is 55.4 Å². The van der Waals surface area contributed by atoms with E-state index in [1.54, 1.807) is 6.92 Å². The number of carbonyl (C=O) groups is 8. The molecule has 3 heterocycles. The summed E-state index contributed by atoms with van der Waals surface area (Å²) in [7, 11) is 0. The van der Waals surface area contributed by atoms with Gasteiger partial charge in [-0.1, -0.05) is 6.92 Å². The van der Waals surface area contributed by atoms with Gasteiger partial charge in [0.1, 0.15) is 24.3 Å². The van der Waals surface area contributed by atoms with Crippen molar-refractivity contribution in [2.75, 3.05) is 12.4 Å². The molecule has 21 nitrogen and oxygen atoms in total. The van der Waals surface area contributed by atoms with Crippen LogP contribution in [-0.4, -0.2) is 151 Å². The van der Waals surface area contributed by atoms with E-state index in [4.69, 9.17) is 61.6 Å². The molecule has 0 saturated carbocycles. The van der Waals surface area contributed by atoms with E-state index in [0.29, 0.717) is 5.75 Å². The van der Waals surface area contributed by atoms with Crippen LogP contribution in [0.15, 0.2) is 0 Å². The summed E-state index contributed by atoms with van der Waals surface area (Å²) < 4.78 is 75.9. The highest BCUT2D eigenvalue weighted by Gasteiger charge is 2.59. The second kappa shape index (κ2) is 21.8. The molecule has 3 aliphatic rings. The molecular formula is C36H52O21S. The molecule has 0 bridgehead atoms. The Kier molecular flexibility index (Phi) is 18.1. The fourth-order valence-corrected chi connectivity index (χ4v) is 7.56. The molecule has 58 heavy (non-hydrogen) atoms. The lowest BCUT2D eigenvalue weighted by molar-refractivity contribution is -0.377. The van der Waals surface area contributed by atoms with E-state index in [1.807, 2.05) is 0 Å². The fourth-order valence-electron chi connectivity index (χ4n) is 6.61. The van der Waals surface area contributed by atoms with E-state index in [-0.39, 0.29) is 0 Å². The second-order valence-electron chi connectivity index (χ2n) is 13.4. The minimum absolute atomic E-state index is 0.418. The van der Waals surface area contributed by atoms with E-state index in [2.05, 4.69) is 0 Å². The Balaban J connectivity index is 2.26. The van der Waals surface area contributed by atoms with E-state index in [0.717, 1.165) is 55.4 Å². The molecule has 0 aromatic carbocycles. The average molecular weight is 853 g/mol. The third-order valence-corrected chi connectivity index (χ3v) is 9.57. The summed E-state index contributed by atoms with van der Waals surface area (Å²) in [6.07, 6.45) is -20.5. The van der Waals surface area contributed by atoms with Gasteiger partial charge in [0.15, 0.2) is 61.4 Å². The Morgan fingerprint density at radius 1 is 0.431 bits per heavy atom. The normalized spacial score (nSPS) is 34.6. The van der Waals surface area contributed by atoms with E-state index < -0.39 is 146 Å². The lowest BCUT2D eigenvalue weighted by Gasteiger charge is -2.50. The number of thioether (sulfide) groups is 1. The van der Waals surface area contributed by atoms with Crippen molar-refractivity contribution in [3.8, 4) is 0 Å². The first-order valence-corrected chi connectivity index (χ1v) is 19.4. The maximum absolute atomic E-state index is 12.7. The molecule has 0 aromatic heterocycles. The summed E-state index contributed by atoms with van der Waals surface area (Å²) in [5.41, 5.74) is -1.01. The highest BCUT2D eigenvalue weighted by Crippen LogP contribution is 2.39. The molecule has 0 radical (unpaired) electrons. The number of carbonyl (C=O) groups excluding carboxylic acids is 8. The summed E-state index contributed by atoms with van der Waals surface area (Å²) in [5.74, 6) is -6.11. The molecule has 328 valence electrons. The second-order valence-corrected chi connectivity index (χ2v) is 14.8. The zero-order valence-electron chi connectivity index (χ0n) is 34.1. The van der Waals surface area contributed by atoms with Crippen LogP contribution in [0.1, 0.15) is 76.2 Å². The third-order valence-electron chi connectivity index (χ3n) is 8.52. The van der Waals surface area contributed by atoms with Crippen LogP contribution in [0.3, 0.4) is 0 Å². The number of esters is 8. The van der Waals surface area contributed by atoms with E-state index in [9.17, 15) is 38.4 Å². The van der Waals surface area contributed by atoms with Crippen LogP contribution in [0.2, 0.25) is 0 Å². The van der Waals surface area contributed by atoms with Gasteiger partial charge in [-0.3, -0.25) is 38.4 Å². The minimum Gasteiger partial charge on any atom is -0.463 e. The summed E-state index contributed by atoms with van der Waals surface area (Å²) in [5, 5.41) is 0. The van der Waals surface area contributed by atoms with Crippen molar-refractivity contribution in [3.63, 3.8) is 0 Å². The summed E-state index contributed by atoms with van der Waals surface area (Å²) in [4.78, 5) is 99.2. The molecule has 3 saturated heterocycles. The molecule has 3 rings (SSSR count). The quantitative estimate of drug-likeness (QED) is 0.163. The topological polar surface area (TPSA) is 257 Å². The standard InChI is InChI=1S/C36H52O21S/c1-12-58-36-33(54-23(11)44)30(27(50-19(7)40)24(55-36)13-45-16(4)37)56-35-32(29(52-21(9)42)26(15(3)47-35)49-18(6)39)57-34-31(53-22(10)43)28(51-20(8)41)25(14(2)46-34)48-17(5)38/h14-15,24-36H,12-13H2,1-11H3/t14-,15-,24+,25-,26+,27+,28+,29+,30-,31+,32-,33-,34-,35-,36+/m0/s1. The molecule has 0 amide bonds. The van der Waals surface area contributed by atoms with Crippen molar-refractivity contribution < 1.29 is 99.9 Å². The van der Waals surface area contributed by atoms with Gasteiger partial charge in [0.05, 0.1) is 12.2 Å². The molecule has 0 N–H and O–H groups in total. The Bertz CT molecular complexity index is 1500. The molecule has 0 spiro atoms. The zero-order chi connectivity index (χ0) is 43.6. The summed E-state index contributed by atoms with van der Waals surface area (Å²) in [6, 6.07) is 0. The van der Waals surface area contributed by atoms with Crippen molar-refractivity contribution in [1.82, 2.24) is 0 Å². The van der Waals surface area contributed by atoms with Crippen molar-refractivity contribution in [2.24, 2.45) is 0 Å². The van der Waals surface area contributed by atoms with Crippen LogP contribution >= 0.6 is 11.8 Å². The largest absolute Gasteiger partial charge is 0.463 e. The molecule has 15 atom stereocenters. The highest BCUT2D eigenvalue weighted by molar-refractivity contribution is 7.99. The summed E-state index contributed by atoms with van der Waals surface area (Å²) >= 11 is 1.18. The monoisotopic (exact) mass is 852 g/mol. The van der Waals surface area contributed by atoms with E-state index >= 15 is 0 Å². The lowest BCUT2D eigenvalue weighted by Crippen LogP contribution is -2.68. The fraction of sp³-hybridized carbons (Fsp3) is 0.778. The first kappa shape index (κ1) is 48.3. The van der Waals surface area contributed by atoms with E-state index in [1.165, 1.54) is 25.6 Å². The Labute approximate surface area is 338 Å². The smallest absolute Gasteiger partial charge is 0.303 e. The summed E-state index contributed by atoms with van der Waals surface area (Å²) in [6.45, 7) is 13.0. The van der Waals surface area contributed by atoms with Gasteiger partial charge in [0.25, 0.3) is 0 Å². The van der Waals surface area contributed by atoms with Gasteiger partial charge in [-0.05, 0) is 19.6 Å². The average Bonchev–Trinajstić information content (AvgIpc) is 3.08. The van der Waals surface area contributed by atoms with Gasteiger partial charge in [-0.2, -0.15) is 0 Å². The molecule has 3 fully saturated rings. The highest BCUT2D eigenvalue weighted by atomic mass is 32.2. The number of hydrogen-bond donors (Lipinski definition) is 0. The zero-order valence-corrected chi connectivity index (χ0v) is 34.9. The first-order valence-electron chi connectivity index (χ1n) is 18.4.